The molecule has 0 aliphatic rings. The van der Waals surface area contributed by atoms with E-state index in [0.717, 1.165) is 0 Å². The molecule has 1 aromatic heterocycles. The summed E-state index contributed by atoms with van der Waals surface area (Å²) in [7, 11) is 0. The first-order chi connectivity index (χ1) is 5.72. The number of hydrogen-bond acceptors (Lipinski definition) is 4. The standard InChI is InChI=1S/C5H5N3O.CH2O2/c6-5(9)4-1-7-3-8-2-4;2-1-3/h1-3H,(H2,6,9);1H,(H,2,3). The van der Waals surface area contributed by atoms with E-state index in [9.17, 15) is 4.79 Å². The Balaban J connectivity index is 0.000000354. The van der Waals surface area contributed by atoms with Crippen LogP contribution in [-0.2, 0) is 4.79 Å². The van der Waals surface area contributed by atoms with Crippen LogP contribution >= 0.6 is 0 Å². The fraction of sp³-hybridized carbons (Fsp3) is 0. The molecule has 0 radical (unpaired) electrons. The molecule has 3 N–H and O–H groups in total. The number of carbonyl (C=O) groups excluding carboxylic acids is 1. The Kier molecular flexibility index (Phi) is 4.83. The molecule has 12 heavy (non-hydrogen) atoms. The second-order valence-electron chi connectivity index (χ2n) is 1.60. The first kappa shape index (κ1) is 10.0. The van der Waals surface area contributed by atoms with Gasteiger partial charge in [0.05, 0.1) is 5.56 Å². The van der Waals surface area contributed by atoms with Gasteiger partial charge in [-0.15, -0.1) is 0 Å². The predicted octanol–water partition coefficient (Wildman–Crippen LogP) is -0.724. The van der Waals surface area contributed by atoms with Crippen LogP contribution in [0.3, 0.4) is 0 Å². The SMILES string of the molecule is NC(=O)c1cncnc1.O=CO. The van der Waals surface area contributed by atoms with Crippen molar-refractivity contribution in [2.75, 3.05) is 0 Å². The van der Waals surface area contributed by atoms with E-state index in [1.807, 2.05) is 0 Å². The highest BCUT2D eigenvalue weighted by Crippen LogP contribution is 1.87. The van der Waals surface area contributed by atoms with Crippen LogP contribution in [0.1, 0.15) is 10.4 Å². The zero-order valence-corrected chi connectivity index (χ0v) is 6.04. The Morgan fingerprint density at radius 3 is 2.17 bits per heavy atom. The highest BCUT2D eigenvalue weighted by Gasteiger charge is 1.96. The van der Waals surface area contributed by atoms with Gasteiger partial charge < -0.3 is 10.8 Å². The summed E-state index contributed by atoms with van der Waals surface area (Å²) in [4.78, 5) is 25.9. The Morgan fingerprint density at radius 2 is 1.92 bits per heavy atom. The van der Waals surface area contributed by atoms with Crippen molar-refractivity contribution in [1.29, 1.82) is 0 Å². The molecule has 0 bridgehead atoms. The average molecular weight is 169 g/mol. The molecule has 0 aliphatic heterocycles. The van der Waals surface area contributed by atoms with Crippen LogP contribution in [0, 0.1) is 0 Å². The summed E-state index contributed by atoms with van der Waals surface area (Å²) in [6.45, 7) is -0.250. The molecule has 1 amide bonds. The number of nitrogens with zero attached hydrogens (tertiary/aromatic N) is 2. The fourth-order valence-corrected chi connectivity index (χ4v) is 0.426. The van der Waals surface area contributed by atoms with Crippen molar-refractivity contribution in [3.8, 4) is 0 Å². The Hall–Kier alpha value is -1.98. The van der Waals surface area contributed by atoms with Crippen molar-refractivity contribution >= 4 is 12.4 Å². The first-order valence-corrected chi connectivity index (χ1v) is 2.85. The molecule has 6 heteroatoms. The number of carbonyl (C=O) groups is 2. The van der Waals surface area contributed by atoms with Crippen LogP contribution in [0.25, 0.3) is 0 Å². The number of rotatable bonds is 1. The van der Waals surface area contributed by atoms with Gasteiger partial charge in [0, 0.05) is 12.4 Å². The van der Waals surface area contributed by atoms with E-state index in [0.29, 0.717) is 5.56 Å². The maximum Gasteiger partial charge on any atom is 0.290 e. The summed E-state index contributed by atoms with van der Waals surface area (Å²) in [6.07, 6.45) is 4.08. The van der Waals surface area contributed by atoms with Gasteiger partial charge in [-0.05, 0) is 0 Å². The molecule has 0 spiro atoms. The molecule has 0 saturated heterocycles. The summed E-state index contributed by atoms with van der Waals surface area (Å²) in [5, 5.41) is 6.89. The lowest BCUT2D eigenvalue weighted by molar-refractivity contribution is -0.122. The zero-order valence-electron chi connectivity index (χ0n) is 6.04. The van der Waals surface area contributed by atoms with Crippen LogP contribution < -0.4 is 5.73 Å². The largest absolute Gasteiger partial charge is 0.483 e. The van der Waals surface area contributed by atoms with E-state index < -0.39 is 5.91 Å². The normalized spacial score (nSPS) is 7.67. The number of aromatic nitrogens is 2. The van der Waals surface area contributed by atoms with Crippen LogP contribution in [0.2, 0.25) is 0 Å². The van der Waals surface area contributed by atoms with E-state index in [1.54, 1.807) is 0 Å². The molecule has 0 atom stereocenters. The molecule has 0 aromatic carbocycles. The number of hydrogen-bond donors (Lipinski definition) is 2. The highest BCUT2D eigenvalue weighted by molar-refractivity contribution is 5.91. The van der Waals surface area contributed by atoms with Crippen molar-refractivity contribution in [3.63, 3.8) is 0 Å². The fourth-order valence-electron chi connectivity index (χ4n) is 0.426. The van der Waals surface area contributed by atoms with Crippen molar-refractivity contribution < 1.29 is 14.7 Å². The molecule has 1 heterocycles. The van der Waals surface area contributed by atoms with Gasteiger partial charge in [0.1, 0.15) is 6.33 Å². The minimum Gasteiger partial charge on any atom is -0.483 e. The lowest BCUT2D eigenvalue weighted by atomic mass is 10.3. The van der Waals surface area contributed by atoms with Crippen LogP contribution in [-0.4, -0.2) is 27.5 Å². The summed E-state index contributed by atoms with van der Waals surface area (Å²) >= 11 is 0. The molecule has 0 unspecified atom stereocenters. The van der Waals surface area contributed by atoms with E-state index in [2.05, 4.69) is 9.97 Å². The molecule has 6 nitrogen and oxygen atoms in total. The molecule has 0 saturated carbocycles. The summed E-state index contributed by atoms with van der Waals surface area (Å²) in [6, 6.07) is 0. The van der Waals surface area contributed by atoms with Crippen molar-refractivity contribution in [2.24, 2.45) is 5.73 Å². The van der Waals surface area contributed by atoms with Gasteiger partial charge in [0.25, 0.3) is 12.4 Å². The zero-order chi connectivity index (χ0) is 9.40. The third-order valence-electron chi connectivity index (χ3n) is 0.845. The number of amides is 1. The van der Waals surface area contributed by atoms with Gasteiger partial charge in [-0.2, -0.15) is 0 Å². The molecule has 1 aromatic rings. The maximum absolute atomic E-state index is 10.3. The van der Waals surface area contributed by atoms with Crippen LogP contribution in [0.15, 0.2) is 18.7 Å². The summed E-state index contributed by atoms with van der Waals surface area (Å²) < 4.78 is 0. The number of carboxylic acid groups (broad SMARTS) is 1. The smallest absolute Gasteiger partial charge is 0.290 e. The van der Waals surface area contributed by atoms with Gasteiger partial charge in [-0.3, -0.25) is 9.59 Å². The first-order valence-electron chi connectivity index (χ1n) is 2.85. The Labute approximate surface area is 68.1 Å². The monoisotopic (exact) mass is 169 g/mol. The minimum absolute atomic E-state index is 0.250. The predicted molar refractivity (Wildman–Crippen MR) is 39.2 cm³/mol. The average Bonchev–Trinajstić information content (AvgIpc) is 2.07. The van der Waals surface area contributed by atoms with E-state index in [4.69, 9.17) is 15.6 Å². The maximum atomic E-state index is 10.3. The van der Waals surface area contributed by atoms with Crippen molar-refractivity contribution in [1.82, 2.24) is 9.97 Å². The molecule has 0 aliphatic carbocycles. The lowest BCUT2D eigenvalue weighted by Gasteiger charge is -1.88. The van der Waals surface area contributed by atoms with Crippen LogP contribution in [0.5, 0.6) is 0 Å². The molecule has 0 fully saturated rings. The third kappa shape index (κ3) is 3.94. The van der Waals surface area contributed by atoms with E-state index >= 15 is 0 Å². The van der Waals surface area contributed by atoms with Gasteiger partial charge in [0.15, 0.2) is 0 Å². The quantitative estimate of drug-likeness (QED) is 0.539. The van der Waals surface area contributed by atoms with Crippen LogP contribution in [0.4, 0.5) is 0 Å². The molecule has 1 rings (SSSR count). The second kappa shape index (κ2) is 5.78. The third-order valence-corrected chi connectivity index (χ3v) is 0.845. The molecular formula is C6H7N3O3. The summed E-state index contributed by atoms with van der Waals surface area (Å²) in [5.41, 5.74) is 5.23. The second-order valence-corrected chi connectivity index (χ2v) is 1.60. The Bertz CT molecular complexity index is 249. The Morgan fingerprint density at radius 1 is 1.50 bits per heavy atom. The van der Waals surface area contributed by atoms with Gasteiger partial charge >= 0.3 is 0 Å². The molecular weight excluding hydrogens is 162 g/mol. The number of primary amides is 1. The van der Waals surface area contributed by atoms with Gasteiger partial charge in [0.2, 0.25) is 0 Å². The highest BCUT2D eigenvalue weighted by atomic mass is 16.3. The number of nitrogens with two attached hydrogens (primary N) is 1. The summed E-state index contributed by atoms with van der Waals surface area (Å²) in [5.74, 6) is -0.504. The van der Waals surface area contributed by atoms with E-state index in [1.165, 1.54) is 18.7 Å². The van der Waals surface area contributed by atoms with Crippen molar-refractivity contribution in [3.05, 3.63) is 24.3 Å². The van der Waals surface area contributed by atoms with Crippen molar-refractivity contribution in [2.45, 2.75) is 0 Å². The van der Waals surface area contributed by atoms with Gasteiger partial charge in [-0.25, -0.2) is 9.97 Å². The topological polar surface area (TPSA) is 106 Å². The van der Waals surface area contributed by atoms with Gasteiger partial charge in [-0.1, -0.05) is 0 Å². The lowest BCUT2D eigenvalue weighted by Crippen LogP contribution is -2.11. The molecule has 64 valence electrons. The minimum atomic E-state index is -0.504. The van der Waals surface area contributed by atoms with E-state index in [-0.39, 0.29) is 6.47 Å².